The van der Waals surface area contributed by atoms with Crippen LogP contribution in [-0.4, -0.2) is 25.3 Å². The molecular formula is C22H21N3O5S2. The van der Waals surface area contributed by atoms with E-state index in [2.05, 4.69) is 15.2 Å². The van der Waals surface area contributed by atoms with E-state index in [-0.39, 0.29) is 21.8 Å². The predicted molar refractivity (Wildman–Crippen MR) is 123 cm³/mol. The van der Waals surface area contributed by atoms with Crippen LogP contribution in [0.1, 0.15) is 46.5 Å². The molecule has 3 aromatic rings. The summed E-state index contributed by atoms with van der Waals surface area (Å²) in [6.45, 7) is 3.16. The lowest BCUT2D eigenvalue weighted by Crippen LogP contribution is -2.14. The number of amides is 1. The van der Waals surface area contributed by atoms with Gasteiger partial charge in [-0.3, -0.25) is 14.3 Å². The quantitative estimate of drug-likeness (QED) is 0.465. The third kappa shape index (κ3) is 4.97. The first kappa shape index (κ1) is 22.0. The molecule has 166 valence electrons. The van der Waals surface area contributed by atoms with Gasteiger partial charge in [0.2, 0.25) is 5.91 Å². The summed E-state index contributed by atoms with van der Waals surface area (Å²) in [5.41, 5.74) is 1.84. The van der Waals surface area contributed by atoms with Crippen molar-refractivity contribution in [3.05, 3.63) is 58.3 Å². The third-order valence-electron chi connectivity index (χ3n) is 4.87. The standard InChI is InChI=1S/C22H21N3O5S2/c1-13-21(23-22(27)15-6-7-15)19(30-24-13)10-8-18-9-11-20(31-18)32(28,29)25-17-5-3-4-16(12-17)14(2)26/h3-5,8-12,15,25H,6-7H2,1-2H3,(H,23,27)/b10-8+. The van der Waals surface area contributed by atoms with Crippen molar-refractivity contribution in [1.82, 2.24) is 5.16 Å². The molecule has 0 atom stereocenters. The van der Waals surface area contributed by atoms with Crippen molar-refractivity contribution < 1.29 is 22.5 Å². The highest BCUT2D eigenvalue weighted by Crippen LogP contribution is 2.32. The van der Waals surface area contributed by atoms with Crippen LogP contribution in [0.5, 0.6) is 0 Å². The van der Waals surface area contributed by atoms with E-state index >= 15 is 0 Å². The first-order valence-electron chi connectivity index (χ1n) is 9.92. The maximum absolute atomic E-state index is 12.7. The lowest BCUT2D eigenvalue weighted by atomic mass is 10.1. The van der Waals surface area contributed by atoms with E-state index in [0.29, 0.717) is 33.3 Å². The fourth-order valence-electron chi connectivity index (χ4n) is 2.96. The van der Waals surface area contributed by atoms with Crippen molar-refractivity contribution in [1.29, 1.82) is 0 Å². The van der Waals surface area contributed by atoms with Gasteiger partial charge in [-0.1, -0.05) is 17.3 Å². The highest BCUT2D eigenvalue weighted by atomic mass is 32.2. The second-order valence-corrected chi connectivity index (χ2v) is 10.5. The molecule has 1 aliphatic carbocycles. The summed E-state index contributed by atoms with van der Waals surface area (Å²) >= 11 is 1.08. The van der Waals surface area contributed by atoms with Gasteiger partial charge in [-0.2, -0.15) is 0 Å². The molecule has 1 fully saturated rings. The topological polar surface area (TPSA) is 118 Å². The Morgan fingerprint density at radius 2 is 1.97 bits per heavy atom. The molecule has 4 rings (SSSR count). The second kappa shape index (κ2) is 8.71. The molecule has 0 radical (unpaired) electrons. The van der Waals surface area contributed by atoms with Gasteiger partial charge in [0.1, 0.15) is 15.6 Å². The van der Waals surface area contributed by atoms with Gasteiger partial charge >= 0.3 is 0 Å². The molecule has 0 saturated heterocycles. The summed E-state index contributed by atoms with van der Waals surface area (Å²) in [7, 11) is -3.81. The van der Waals surface area contributed by atoms with Crippen molar-refractivity contribution in [2.24, 2.45) is 5.92 Å². The number of hydrogen-bond acceptors (Lipinski definition) is 7. The van der Waals surface area contributed by atoms with Gasteiger partial charge in [0.15, 0.2) is 11.5 Å². The minimum atomic E-state index is -3.81. The number of thiophene rings is 1. The molecule has 2 heterocycles. The van der Waals surface area contributed by atoms with E-state index < -0.39 is 10.0 Å². The molecule has 1 amide bonds. The molecule has 1 aliphatic rings. The van der Waals surface area contributed by atoms with Crippen LogP contribution in [-0.2, 0) is 14.8 Å². The van der Waals surface area contributed by atoms with Gasteiger partial charge in [0.05, 0.1) is 0 Å². The SMILES string of the molecule is CC(=O)c1cccc(NS(=O)(=O)c2ccc(/C=C/c3onc(C)c3NC(=O)C3CC3)s2)c1. The van der Waals surface area contributed by atoms with Crippen LogP contribution in [0.25, 0.3) is 12.2 Å². The van der Waals surface area contributed by atoms with E-state index in [9.17, 15) is 18.0 Å². The first-order chi connectivity index (χ1) is 15.2. The van der Waals surface area contributed by atoms with E-state index in [1.54, 1.807) is 43.3 Å². The summed E-state index contributed by atoms with van der Waals surface area (Å²) in [6, 6.07) is 9.51. The minimum absolute atomic E-state index is 0.0460. The van der Waals surface area contributed by atoms with Crippen molar-refractivity contribution in [3.63, 3.8) is 0 Å². The number of carbonyl (C=O) groups excluding carboxylic acids is 2. The Bertz CT molecular complexity index is 1320. The van der Waals surface area contributed by atoms with E-state index in [1.165, 1.54) is 19.1 Å². The Balaban J connectivity index is 1.49. The number of sulfonamides is 1. The summed E-state index contributed by atoms with van der Waals surface area (Å²) < 4.78 is 33.4. The Morgan fingerprint density at radius 1 is 1.19 bits per heavy atom. The maximum atomic E-state index is 12.7. The number of nitrogens with one attached hydrogen (secondary N) is 2. The fraction of sp³-hybridized carbons (Fsp3) is 0.227. The number of hydrogen-bond donors (Lipinski definition) is 2. The highest BCUT2D eigenvalue weighted by molar-refractivity contribution is 7.94. The summed E-state index contributed by atoms with van der Waals surface area (Å²) in [4.78, 5) is 24.3. The molecule has 0 bridgehead atoms. The zero-order chi connectivity index (χ0) is 22.9. The summed E-state index contributed by atoms with van der Waals surface area (Å²) in [5, 5.41) is 6.76. The van der Waals surface area contributed by atoms with Crippen molar-refractivity contribution in [3.8, 4) is 0 Å². The number of benzene rings is 1. The molecule has 10 heteroatoms. The van der Waals surface area contributed by atoms with Crippen molar-refractivity contribution in [2.45, 2.75) is 30.9 Å². The number of aryl methyl sites for hydroxylation is 1. The van der Waals surface area contributed by atoms with Gasteiger partial charge in [0, 0.05) is 22.0 Å². The molecule has 0 aliphatic heterocycles. The smallest absolute Gasteiger partial charge is 0.271 e. The van der Waals surface area contributed by atoms with E-state index in [4.69, 9.17) is 4.52 Å². The average molecular weight is 472 g/mol. The lowest BCUT2D eigenvalue weighted by molar-refractivity contribution is -0.117. The Hall–Kier alpha value is -3.24. The van der Waals surface area contributed by atoms with Crippen LogP contribution in [0.2, 0.25) is 0 Å². The summed E-state index contributed by atoms with van der Waals surface area (Å²) in [5.74, 6) is 0.253. The molecule has 1 aromatic carbocycles. The largest absolute Gasteiger partial charge is 0.354 e. The second-order valence-electron chi connectivity index (χ2n) is 7.50. The van der Waals surface area contributed by atoms with Crippen molar-refractivity contribution >= 4 is 56.6 Å². The third-order valence-corrected chi connectivity index (χ3v) is 7.80. The normalized spacial score (nSPS) is 13.9. The van der Waals surface area contributed by atoms with Gasteiger partial charge in [0.25, 0.3) is 10.0 Å². The molecule has 1 saturated carbocycles. The van der Waals surface area contributed by atoms with Crippen LogP contribution in [0.4, 0.5) is 11.4 Å². The first-order valence-corrected chi connectivity index (χ1v) is 12.2. The summed E-state index contributed by atoms with van der Waals surface area (Å²) in [6.07, 6.45) is 5.13. The molecule has 2 N–H and O–H groups in total. The monoisotopic (exact) mass is 471 g/mol. The molecule has 32 heavy (non-hydrogen) atoms. The molecule has 8 nitrogen and oxygen atoms in total. The zero-order valence-corrected chi connectivity index (χ0v) is 19.0. The number of ketones is 1. The Labute approximate surface area is 189 Å². The van der Waals surface area contributed by atoms with Gasteiger partial charge in [-0.25, -0.2) is 8.42 Å². The van der Waals surface area contributed by atoms with Crippen LogP contribution in [0.15, 0.2) is 45.1 Å². The van der Waals surface area contributed by atoms with Crippen LogP contribution in [0.3, 0.4) is 0 Å². The van der Waals surface area contributed by atoms with Crippen LogP contribution >= 0.6 is 11.3 Å². The predicted octanol–water partition coefficient (Wildman–Crippen LogP) is 4.57. The van der Waals surface area contributed by atoms with Gasteiger partial charge in [-0.15, -0.1) is 11.3 Å². The number of carbonyl (C=O) groups is 2. The van der Waals surface area contributed by atoms with Gasteiger partial charge in [-0.05, 0) is 63.1 Å². The zero-order valence-electron chi connectivity index (χ0n) is 17.4. The molecular weight excluding hydrogens is 450 g/mol. The molecule has 0 unspecified atom stereocenters. The minimum Gasteiger partial charge on any atom is -0.354 e. The Kier molecular flexibility index (Phi) is 5.98. The van der Waals surface area contributed by atoms with E-state index in [0.717, 1.165) is 24.2 Å². The number of nitrogens with zero attached hydrogens (tertiary/aromatic N) is 1. The van der Waals surface area contributed by atoms with Crippen LogP contribution in [0, 0.1) is 12.8 Å². The molecule has 2 aromatic heterocycles. The lowest BCUT2D eigenvalue weighted by Gasteiger charge is -2.07. The fourth-order valence-corrected chi connectivity index (χ4v) is 5.24. The van der Waals surface area contributed by atoms with E-state index in [1.807, 2.05) is 0 Å². The van der Waals surface area contributed by atoms with Gasteiger partial charge < -0.3 is 9.84 Å². The van der Waals surface area contributed by atoms with Crippen molar-refractivity contribution in [2.75, 3.05) is 10.0 Å². The highest BCUT2D eigenvalue weighted by Gasteiger charge is 2.30. The maximum Gasteiger partial charge on any atom is 0.271 e. The average Bonchev–Trinajstić information content (AvgIpc) is 3.39. The Morgan fingerprint density at radius 3 is 2.69 bits per heavy atom. The number of rotatable bonds is 8. The molecule has 0 spiro atoms. The number of anilines is 2. The number of Topliss-reactive ketones (excluding diaryl/α,β-unsaturated/α-hetero) is 1. The number of aromatic nitrogens is 1. The van der Waals surface area contributed by atoms with Crippen LogP contribution < -0.4 is 10.0 Å².